The van der Waals surface area contributed by atoms with Crippen molar-refractivity contribution in [2.45, 2.75) is 0 Å². The van der Waals surface area contributed by atoms with Gasteiger partial charge in [0.05, 0.1) is 49.5 Å². The van der Waals surface area contributed by atoms with Crippen molar-refractivity contribution >= 4 is 65.6 Å². The minimum absolute atomic E-state index is 0.0170. The Bertz CT molecular complexity index is 4290. The quantitative estimate of drug-likeness (QED) is 0.183. The summed E-state index contributed by atoms with van der Waals surface area (Å²) in [5.74, 6) is 0. The maximum atomic E-state index is 9.78. The highest BCUT2D eigenvalue weighted by molar-refractivity contribution is 6.18. The van der Waals surface area contributed by atoms with Crippen LogP contribution in [0.4, 0.5) is 0 Å². The summed E-state index contributed by atoms with van der Waals surface area (Å²) in [6.07, 6.45) is 0. The van der Waals surface area contributed by atoms with Crippen LogP contribution in [0.5, 0.6) is 0 Å². The Labute approximate surface area is 321 Å². The van der Waals surface area contributed by atoms with Crippen LogP contribution in [0.3, 0.4) is 0 Å². The molecule has 0 amide bonds. The molecule has 3 heteroatoms. The monoisotopic (exact) mass is 670 g/mol. The Kier molecular flexibility index (Phi) is 3.18. The van der Waals surface area contributed by atoms with Crippen molar-refractivity contribution < 1.29 is 31.8 Å². The number of nitrogens with zero attached hydrogens (tertiary/aromatic N) is 2. The third-order valence-electron chi connectivity index (χ3n) is 9.08. The molecule has 0 spiro atoms. The Morgan fingerprint density at radius 1 is 0.392 bits per heavy atom. The van der Waals surface area contributed by atoms with E-state index in [4.69, 9.17) is 22.2 Å². The largest absolute Gasteiger partial charge is 0.456 e. The molecule has 0 bridgehead atoms. The normalized spacial score (nSPS) is 17.4. The molecular formula is C48H30N2O. The van der Waals surface area contributed by atoms with E-state index in [1.807, 2.05) is 0 Å². The molecule has 0 N–H and O–H groups in total. The van der Waals surface area contributed by atoms with Crippen LogP contribution in [0.15, 0.2) is 186 Å². The van der Waals surface area contributed by atoms with E-state index in [0.29, 0.717) is 5.69 Å². The van der Waals surface area contributed by atoms with Gasteiger partial charge in [-0.05, 0) is 88.9 Å². The van der Waals surface area contributed by atoms with Gasteiger partial charge < -0.3 is 13.6 Å². The van der Waals surface area contributed by atoms with Crippen molar-refractivity contribution in [3.05, 3.63) is 182 Å². The van der Waals surface area contributed by atoms with E-state index >= 15 is 0 Å². The van der Waals surface area contributed by atoms with E-state index in [9.17, 15) is 9.60 Å². The summed E-state index contributed by atoms with van der Waals surface area (Å²) >= 11 is 0. The summed E-state index contributed by atoms with van der Waals surface area (Å²) in [6.45, 7) is 0. The van der Waals surface area contributed by atoms with Gasteiger partial charge in [0.25, 0.3) is 0 Å². The van der Waals surface area contributed by atoms with E-state index in [1.54, 1.807) is 30.3 Å². The van der Waals surface area contributed by atoms with Gasteiger partial charge in [0.1, 0.15) is 11.2 Å². The van der Waals surface area contributed by atoms with Crippen LogP contribution in [-0.2, 0) is 0 Å². The molecular weight excluding hydrogens is 621 g/mol. The molecule has 11 rings (SSSR count). The van der Waals surface area contributed by atoms with E-state index in [1.165, 1.54) is 33.4 Å². The summed E-state index contributed by atoms with van der Waals surface area (Å²) in [5.41, 5.74) is -1.21. The van der Waals surface area contributed by atoms with Crippen molar-refractivity contribution in [1.82, 2.24) is 9.13 Å². The average Bonchev–Trinajstić information content (AvgIpc) is 4.01. The second-order valence-corrected chi connectivity index (χ2v) is 11.8. The van der Waals surface area contributed by atoms with E-state index < -0.39 is 115 Å². The highest BCUT2D eigenvalue weighted by Crippen LogP contribution is 2.42. The van der Waals surface area contributed by atoms with Crippen LogP contribution in [-0.4, -0.2) is 9.13 Å². The zero-order chi connectivity index (χ0) is 50.9. The summed E-state index contributed by atoms with van der Waals surface area (Å²) in [4.78, 5) is 0. The maximum absolute atomic E-state index is 9.78. The van der Waals surface area contributed by atoms with Crippen molar-refractivity contribution in [2.24, 2.45) is 0 Å². The lowest BCUT2D eigenvalue weighted by Gasteiger charge is -2.10. The zero-order valence-electron chi connectivity index (χ0n) is 46.1. The SMILES string of the molecule is [2H]c1cc([2H])c(-c2c([2H])c([2H])c([2H])c3oc4c([2H])cc(-n5c6cc([2H])c([2H])c([2H])c6c6cc(-c7c([2H])c([2H])c([2H])c8c7c7c([2H])c([2H])c([2H])c([2H])c7n8-c7ccccc7)c([2H])c([2H])c65)cc4c23)c([2H])c1[2H]. The van der Waals surface area contributed by atoms with Crippen LogP contribution in [0, 0.1) is 0 Å². The van der Waals surface area contributed by atoms with Gasteiger partial charge in [-0.2, -0.15) is 0 Å². The second kappa shape index (κ2) is 10.8. The zero-order valence-corrected chi connectivity index (χ0v) is 26.1. The molecule has 51 heavy (non-hydrogen) atoms. The van der Waals surface area contributed by atoms with Crippen LogP contribution in [0.25, 0.3) is 99.2 Å². The molecule has 0 saturated heterocycles. The van der Waals surface area contributed by atoms with Gasteiger partial charge in [-0.1, -0.05) is 115 Å². The number of aromatic nitrogens is 2. The number of benzene rings is 8. The molecule has 3 nitrogen and oxygen atoms in total. The van der Waals surface area contributed by atoms with Gasteiger partial charge in [-0.15, -0.1) is 0 Å². The summed E-state index contributed by atoms with van der Waals surface area (Å²) in [7, 11) is 0. The van der Waals surface area contributed by atoms with Crippen LogP contribution in [0.1, 0.15) is 27.4 Å². The first-order chi connectivity index (χ1) is 33.6. The molecule has 0 radical (unpaired) electrons. The Hall–Kier alpha value is -6.84. The van der Waals surface area contributed by atoms with Crippen LogP contribution < -0.4 is 0 Å². The first-order valence-corrected chi connectivity index (χ1v) is 15.8. The smallest absolute Gasteiger partial charge is 0.136 e. The molecule has 0 fully saturated rings. The van der Waals surface area contributed by atoms with Gasteiger partial charge >= 0.3 is 0 Å². The number of fused-ring (bicyclic) bond motifs is 9. The summed E-state index contributed by atoms with van der Waals surface area (Å²) in [5, 5.41) is -0.237. The standard InChI is InChI=1S/C48H30N2O/c1-3-13-31(14-4-1)35-20-12-24-46-48(35)40-30-34(26-28-45(40)51-46)50-41-21-9-7-17-37(41)39-29-32(25-27-43(39)50)36-19-11-23-44-47(36)38-18-8-10-22-42(38)49(44)33-15-5-2-6-16-33/h1-30H/i1D,3D,7D,8D,9D,10D,11D,12D,13D,14D,17D,18D,19D,20D,22D,23D,24D,25D,27D,28D. The summed E-state index contributed by atoms with van der Waals surface area (Å²) in [6, 6.07) is 4.13. The van der Waals surface area contributed by atoms with E-state index in [-0.39, 0.29) is 99.5 Å². The number of hydrogen-bond acceptors (Lipinski definition) is 1. The number of furan rings is 1. The molecule has 238 valence electrons. The molecule has 0 atom stereocenters. The van der Waals surface area contributed by atoms with Gasteiger partial charge in [0, 0.05) is 43.7 Å². The molecule has 0 aliphatic rings. The molecule has 0 saturated carbocycles. The van der Waals surface area contributed by atoms with Crippen molar-refractivity contribution in [2.75, 3.05) is 0 Å². The third kappa shape index (κ3) is 4.12. The first-order valence-electron chi connectivity index (χ1n) is 25.8. The molecule has 11 aromatic rings. The highest BCUT2D eigenvalue weighted by Gasteiger charge is 2.19. The predicted octanol–water partition coefficient (Wildman–Crippen LogP) is 13.1. The van der Waals surface area contributed by atoms with Crippen molar-refractivity contribution in [3.63, 3.8) is 0 Å². The minimum Gasteiger partial charge on any atom is -0.456 e. The lowest BCUT2D eigenvalue weighted by molar-refractivity contribution is 0.669. The predicted molar refractivity (Wildman–Crippen MR) is 213 cm³/mol. The fourth-order valence-corrected chi connectivity index (χ4v) is 6.96. The lowest BCUT2D eigenvalue weighted by Crippen LogP contribution is -1.93. The molecule has 0 aliphatic carbocycles. The second-order valence-electron chi connectivity index (χ2n) is 11.8. The molecule has 0 unspecified atom stereocenters. The molecule has 3 heterocycles. The Morgan fingerprint density at radius 2 is 1.16 bits per heavy atom. The van der Waals surface area contributed by atoms with Gasteiger partial charge in [-0.25, -0.2) is 0 Å². The van der Waals surface area contributed by atoms with Gasteiger partial charge in [-0.3, -0.25) is 0 Å². The average molecular weight is 671 g/mol. The minimum atomic E-state index is -0.635. The number of para-hydroxylation sites is 3. The van der Waals surface area contributed by atoms with Crippen molar-refractivity contribution in [1.29, 1.82) is 0 Å². The van der Waals surface area contributed by atoms with Crippen LogP contribution in [0.2, 0.25) is 0 Å². The highest BCUT2D eigenvalue weighted by atomic mass is 16.3. The third-order valence-corrected chi connectivity index (χ3v) is 9.08. The lowest BCUT2D eigenvalue weighted by atomic mass is 9.98. The fourth-order valence-electron chi connectivity index (χ4n) is 6.96. The first kappa shape index (κ1) is 15.0. The van der Waals surface area contributed by atoms with E-state index in [0.717, 1.165) is 6.07 Å². The Morgan fingerprint density at radius 3 is 2.10 bits per heavy atom. The van der Waals surface area contributed by atoms with Gasteiger partial charge in [0.15, 0.2) is 0 Å². The summed E-state index contributed by atoms with van der Waals surface area (Å²) < 4.78 is 188. The van der Waals surface area contributed by atoms with Crippen molar-refractivity contribution in [3.8, 4) is 33.6 Å². The fraction of sp³-hybridized carbons (Fsp3) is 0. The maximum Gasteiger partial charge on any atom is 0.136 e. The van der Waals surface area contributed by atoms with Gasteiger partial charge in [0.2, 0.25) is 0 Å². The van der Waals surface area contributed by atoms with Crippen LogP contribution >= 0.6 is 0 Å². The molecule has 3 aromatic heterocycles. The number of rotatable bonds is 4. The molecule has 0 aliphatic heterocycles. The topological polar surface area (TPSA) is 23.0 Å². The van der Waals surface area contributed by atoms with E-state index in [2.05, 4.69) is 0 Å². The number of hydrogen-bond donors (Lipinski definition) is 0. The Balaban J connectivity index is 1.30. The molecule has 8 aromatic carbocycles.